The van der Waals surface area contributed by atoms with E-state index in [9.17, 15) is 4.79 Å². The minimum atomic E-state index is 0.125. The number of hydrogen-bond acceptors (Lipinski definition) is 5. The van der Waals surface area contributed by atoms with Gasteiger partial charge in [-0.25, -0.2) is 0 Å². The molecule has 1 fully saturated rings. The second-order valence-electron chi connectivity index (χ2n) is 7.05. The predicted molar refractivity (Wildman–Crippen MR) is 110 cm³/mol. The molecule has 1 amide bonds. The Bertz CT molecular complexity index is 725. The standard InChI is InChI=1S/C21H29N3O2S/c1-17-5-6-20(26-2)18(14-17)15-23-9-11-24(12-10-23)16-21(25)22-8-7-19-4-3-13-27-19/h3-6,13-14H,7-12,15-16H2,1-2H3,(H,22,25). The Labute approximate surface area is 165 Å². The Morgan fingerprint density at radius 3 is 2.67 bits per heavy atom. The molecule has 27 heavy (non-hydrogen) atoms. The summed E-state index contributed by atoms with van der Waals surface area (Å²) >= 11 is 1.74. The molecule has 6 heteroatoms. The van der Waals surface area contributed by atoms with Gasteiger partial charge in [0.1, 0.15) is 5.75 Å². The highest BCUT2D eigenvalue weighted by Gasteiger charge is 2.20. The fourth-order valence-electron chi connectivity index (χ4n) is 3.42. The fraction of sp³-hybridized carbons (Fsp3) is 0.476. The van der Waals surface area contributed by atoms with Gasteiger partial charge in [-0.15, -0.1) is 11.3 Å². The Kier molecular flexibility index (Phi) is 7.26. The number of aryl methyl sites for hydroxylation is 1. The van der Waals surface area contributed by atoms with Gasteiger partial charge in [0.25, 0.3) is 0 Å². The topological polar surface area (TPSA) is 44.8 Å². The number of carbonyl (C=O) groups excluding carboxylic acids is 1. The van der Waals surface area contributed by atoms with Crippen LogP contribution in [0.4, 0.5) is 0 Å². The molecule has 3 rings (SSSR count). The number of amides is 1. The Hall–Kier alpha value is -1.89. The lowest BCUT2D eigenvalue weighted by molar-refractivity contribution is -0.122. The van der Waals surface area contributed by atoms with Crippen LogP contribution in [0.25, 0.3) is 0 Å². The average Bonchev–Trinajstić information content (AvgIpc) is 3.17. The van der Waals surface area contributed by atoms with Crippen molar-refractivity contribution < 1.29 is 9.53 Å². The summed E-state index contributed by atoms with van der Waals surface area (Å²) in [5, 5.41) is 5.11. The van der Waals surface area contributed by atoms with E-state index >= 15 is 0 Å². The molecule has 0 radical (unpaired) electrons. The number of benzene rings is 1. The number of rotatable bonds is 8. The SMILES string of the molecule is COc1ccc(C)cc1CN1CCN(CC(=O)NCCc2cccs2)CC1. The third-order valence-electron chi connectivity index (χ3n) is 4.94. The van der Waals surface area contributed by atoms with E-state index in [0.717, 1.165) is 44.9 Å². The van der Waals surface area contributed by atoms with Crippen LogP contribution in [-0.4, -0.2) is 62.1 Å². The second-order valence-corrected chi connectivity index (χ2v) is 8.08. The maximum atomic E-state index is 12.2. The van der Waals surface area contributed by atoms with Crippen molar-refractivity contribution in [2.45, 2.75) is 19.9 Å². The van der Waals surface area contributed by atoms with Crippen molar-refractivity contribution in [2.24, 2.45) is 0 Å². The zero-order valence-electron chi connectivity index (χ0n) is 16.2. The van der Waals surface area contributed by atoms with Gasteiger partial charge in [-0.2, -0.15) is 0 Å². The number of hydrogen-bond donors (Lipinski definition) is 1. The summed E-state index contributed by atoms with van der Waals surface area (Å²) in [4.78, 5) is 18.1. The van der Waals surface area contributed by atoms with Crippen molar-refractivity contribution in [2.75, 3.05) is 46.4 Å². The number of ether oxygens (including phenoxy) is 1. The summed E-state index contributed by atoms with van der Waals surface area (Å²) in [7, 11) is 1.73. The van der Waals surface area contributed by atoms with Crippen LogP contribution >= 0.6 is 11.3 Å². The molecule has 2 heterocycles. The molecule has 0 unspecified atom stereocenters. The fourth-order valence-corrected chi connectivity index (χ4v) is 4.13. The van der Waals surface area contributed by atoms with E-state index in [4.69, 9.17) is 4.74 Å². The smallest absolute Gasteiger partial charge is 0.234 e. The van der Waals surface area contributed by atoms with Crippen molar-refractivity contribution in [3.63, 3.8) is 0 Å². The second kappa shape index (κ2) is 9.88. The maximum Gasteiger partial charge on any atom is 0.234 e. The van der Waals surface area contributed by atoms with Crippen LogP contribution in [0, 0.1) is 6.92 Å². The van der Waals surface area contributed by atoms with E-state index < -0.39 is 0 Å². The molecule has 0 spiro atoms. The lowest BCUT2D eigenvalue weighted by Crippen LogP contribution is -2.49. The number of carbonyl (C=O) groups is 1. The van der Waals surface area contributed by atoms with E-state index in [1.54, 1.807) is 18.4 Å². The summed E-state index contributed by atoms with van der Waals surface area (Å²) in [5.41, 5.74) is 2.49. The summed E-state index contributed by atoms with van der Waals surface area (Å²) in [6, 6.07) is 10.5. The molecular weight excluding hydrogens is 358 g/mol. The molecule has 1 aliphatic rings. The summed E-state index contributed by atoms with van der Waals surface area (Å²) < 4.78 is 5.49. The molecule has 1 aromatic heterocycles. The molecule has 146 valence electrons. The number of nitrogens with zero attached hydrogens (tertiary/aromatic N) is 2. The molecule has 0 bridgehead atoms. The molecule has 1 aliphatic heterocycles. The zero-order chi connectivity index (χ0) is 19.1. The molecule has 1 N–H and O–H groups in total. The van der Waals surface area contributed by atoms with Gasteiger partial charge < -0.3 is 10.1 Å². The molecule has 1 saturated heterocycles. The maximum absolute atomic E-state index is 12.2. The highest BCUT2D eigenvalue weighted by Crippen LogP contribution is 2.22. The van der Waals surface area contributed by atoms with Crippen LogP contribution in [0.15, 0.2) is 35.7 Å². The molecule has 1 aromatic carbocycles. The first-order valence-corrected chi connectivity index (χ1v) is 10.4. The summed E-state index contributed by atoms with van der Waals surface area (Å²) in [6.45, 7) is 8.00. The Morgan fingerprint density at radius 2 is 1.96 bits per heavy atom. The number of thiophene rings is 1. The lowest BCUT2D eigenvalue weighted by atomic mass is 10.1. The highest BCUT2D eigenvalue weighted by atomic mass is 32.1. The first kappa shape index (κ1) is 19.9. The Morgan fingerprint density at radius 1 is 1.19 bits per heavy atom. The van der Waals surface area contributed by atoms with Crippen LogP contribution < -0.4 is 10.1 Å². The minimum Gasteiger partial charge on any atom is -0.496 e. The van der Waals surface area contributed by atoms with Gasteiger partial charge in [-0.3, -0.25) is 14.6 Å². The zero-order valence-corrected chi connectivity index (χ0v) is 17.1. The quantitative estimate of drug-likeness (QED) is 0.756. The predicted octanol–water partition coefficient (Wildman–Crippen LogP) is 2.54. The van der Waals surface area contributed by atoms with E-state index in [-0.39, 0.29) is 5.91 Å². The first-order valence-electron chi connectivity index (χ1n) is 9.51. The lowest BCUT2D eigenvalue weighted by Gasteiger charge is -2.34. The van der Waals surface area contributed by atoms with E-state index in [1.807, 2.05) is 12.1 Å². The van der Waals surface area contributed by atoms with Gasteiger partial charge in [0.05, 0.1) is 13.7 Å². The third kappa shape index (κ3) is 6.06. The van der Waals surface area contributed by atoms with Crippen molar-refractivity contribution >= 4 is 17.2 Å². The number of nitrogens with one attached hydrogen (secondary N) is 1. The summed E-state index contributed by atoms with van der Waals surface area (Å²) in [5.74, 6) is 1.08. The number of methoxy groups -OCH3 is 1. The first-order chi connectivity index (χ1) is 13.1. The minimum absolute atomic E-state index is 0.125. The van der Waals surface area contributed by atoms with Crippen LogP contribution in [0.3, 0.4) is 0 Å². The molecule has 5 nitrogen and oxygen atoms in total. The van der Waals surface area contributed by atoms with E-state index in [0.29, 0.717) is 13.1 Å². The van der Waals surface area contributed by atoms with Crippen molar-refractivity contribution in [3.8, 4) is 5.75 Å². The van der Waals surface area contributed by atoms with Crippen LogP contribution in [0.1, 0.15) is 16.0 Å². The highest BCUT2D eigenvalue weighted by molar-refractivity contribution is 7.09. The van der Waals surface area contributed by atoms with E-state index in [1.165, 1.54) is 16.0 Å². The van der Waals surface area contributed by atoms with Gasteiger partial charge in [-0.05, 0) is 30.9 Å². The van der Waals surface area contributed by atoms with Gasteiger partial charge in [0.2, 0.25) is 5.91 Å². The van der Waals surface area contributed by atoms with E-state index in [2.05, 4.69) is 45.6 Å². The third-order valence-corrected chi connectivity index (χ3v) is 5.87. The van der Waals surface area contributed by atoms with Gasteiger partial charge >= 0.3 is 0 Å². The number of piperazine rings is 1. The molecule has 2 aromatic rings. The molecule has 0 atom stereocenters. The van der Waals surface area contributed by atoms with Crippen LogP contribution in [-0.2, 0) is 17.8 Å². The van der Waals surface area contributed by atoms with Gasteiger partial charge in [0.15, 0.2) is 0 Å². The summed E-state index contributed by atoms with van der Waals surface area (Å²) in [6.07, 6.45) is 0.912. The van der Waals surface area contributed by atoms with Gasteiger partial charge in [0, 0.05) is 49.7 Å². The van der Waals surface area contributed by atoms with Crippen LogP contribution in [0.2, 0.25) is 0 Å². The van der Waals surface area contributed by atoms with Crippen molar-refractivity contribution in [3.05, 3.63) is 51.7 Å². The average molecular weight is 388 g/mol. The van der Waals surface area contributed by atoms with Gasteiger partial charge in [-0.1, -0.05) is 23.8 Å². The Balaban J connectivity index is 1.38. The molecular formula is C21H29N3O2S. The van der Waals surface area contributed by atoms with Crippen molar-refractivity contribution in [1.29, 1.82) is 0 Å². The normalized spacial score (nSPS) is 15.6. The largest absolute Gasteiger partial charge is 0.496 e. The monoisotopic (exact) mass is 387 g/mol. The van der Waals surface area contributed by atoms with Crippen LogP contribution in [0.5, 0.6) is 5.75 Å². The van der Waals surface area contributed by atoms with Crippen molar-refractivity contribution in [1.82, 2.24) is 15.1 Å². The molecule has 0 saturated carbocycles. The molecule has 0 aliphatic carbocycles.